The van der Waals surface area contributed by atoms with Crippen LogP contribution in [-0.2, 0) is 10.8 Å². The Morgan fingerprint density at radius 2 is 1.96 bits per heavy atom. The molecule has 5 nitrogen and oxygen atoms in total. The van der Waals surface area contributed by atoms with E-state index in [2.05, 4.69) is 10.3 Å². The van der Waals surface area contributed by atoms with Gasteiger partial charge in [0.15, 0.2) is 5.96 Å². The van der Waals surface area contributed by atoms with Crippen molar-refractivity contribution >= 4 is 52.3 Å². The average molecular weight is 522 g/mol. The molecule has 27 heavy (non-hydrogen) atoms. The molecule has 1 atom stereocenters. The van der Waals surface area contributed by atoms with Gasteiger partial charge >= 0.3 is 0 Å². The zero-order chi connectivity index (χ0) is 18.8. The SMILES string of the molecule is CN=C(NCCS(=O)c1ccccc1)N(C)CCOc1cccc(Cl)c1.I. The molecule has 0 bridgehead atoms. The first kappa shape index (κ1) is 23.7. The van der Waals surface area contributed by atoms with Crippen molar-refractivity contribution in [1.29, 1.82) is 0 Å². The maximum Gasteiger partial charge on any atom is 0.193 e. The van der Waals surface area contributed by atoms with Crippen LogP contribution in [0.15, 0.2) is 64.5 Å². The number of nitrogens with zero attached hydrogens (tertiary/aromatic N) is 2. The van der Waals surface area contributed by atoms with Gasteiger partial charge in [0, 0.05) is 36.3 Å². The Bertz CT molecular complexity index is 747. The van der Waals surface area contributed by atoms with Crippen molar-refractivity contribution in [2.45, 2.75) is 4.90 Å². The zero-order valence-corrected chi connectivity index (χ0v) is 19.3. The van der Waals surface area contributed by atoms with Crippen LogP contribution < -0.4 is 10.1 Å². The van der Waals surface area contributed by atoms with Gasteiger partial charge in [-0.25, -0.2) is 0 Å². The third-order valence-corrected chi connectivity index (χ3v) is 5.25. The van der Waals surface area contributed by atoms with E-state index in [1.165, 1.54) is 0 Å². The van der Waals surface area contributed by atoms with Gasteiger partial charge in [-0.1, -0.05) is 35.9 Å². The highest BCUT2D eigenvalue weighted by atomic mass is 127. The van der Waals surface area contributed by atoms with E-state index in [0.717, 1.165) is 16.6 Å². The van der Waals surface area contributed by atoms with Crippen LogP contribution in [-0.4, -0.2) is 54.6 Å². The largest absolute Gasteiger partial charge is 0.492 e. The molecule has 0 aliphatic carbocycles. The fraction of sp³-hybridized carbons (Fsp3) is 0.316. The number of guanidine groups is 1. The van der Waals surface area contributed by atoms with E-state index in [-0.39, 0.29) is 24.0 Å². The van der Waals surface area contributed by atoms with Crippen molar-refractivity contribution in [3.63, 3.8) is 0 Å². The van der Waals surface area contributed by atoms with E-state index >= 15 is 0 Å². The molecule has 0 saturated heterocycles. The summed E-state index contributed by atoms with van der Waals surface area (Å²) in [6, 6.07) is 16.8. The molecular formula is C19H25ClIN3O2S. The van der Waals surface area contributed by atoms with Crippen LogP contribution in [0.1, 0.15) is 0 Å². The predicted octanol–water partition coefficient (Wildman–Crippen LogP) is 3.65. The van der Waals surface area contributed by atoms with Gasteiger partial charge in [-0.15, -0.1) is 24.0 Å². The first-order valence-corrected chi connectivity index (χ1v) is 10.0. The normalized spacial score (nSPS) is 12.0. The first-order chi connectivity index (χ1) is 12.6. The number of ether oxygens (including phenoxy) is 1. The van der Waals surface area contributed by atoms with Gasteiger partial charge in [0.05, 0.1) is 17.3 Å². The molecule has 2 rings (SSSR count). The number of hydrogen-bond donors (Lipinski definition) is 1. The second-order valence-electron chi connectivity index (χ2n) is 5.56. The van der Waals surface area contributed by atoms with Gasteiger partial charge in [0.25, 0.3) is 0 Å². The summed E-state index contributed by atoms with van der Waals surface area (Å²) < 4.78 is 17.9. The van der Waals surface area contributed by atoms with Crippen LogP contribution in [0.3, 0.4) is 0 Å². The van der Waals surface area contributed by atoms with Crippen LogP contribution in [0.2, 0.25) is 5.02 Å². The van der Waals surface area contributed by atoms with Crippen LogP contribution in [0.25, 0.3) is 0 Å². The lowest BCUT2D eigenvalue weighted by Crippen LogP contribution is -2.42. The van der Waals surface area contributed by atoms with E-state index in [4.69, 9.17) is 16.3 Å². The summed E-state index contributed by atoms with van der Waals surface area (Å²) in [5, 5.41) is 3.89. The Balaban J connectivity index is 0.00000364. The molecule has 0 saturated carbocycles. The lowest BCUT2D eigenvalue weighted by molar-refractivity contribution is 0.281. The van der Waals surface area contributed by atoms with E-state index in [0.29, 0.717) is 30.5 Å². The quantitative estimate of drug-likeness (QED) is 0.327. The van der Waals surface area contributed by atoms with E-state index < -0.39 is 10.8 Å². The molecule has 0 heterocycles. The predicted molar refractivity (Wildman–Crippen MR) is 124 cm³/mol. The molecule has 0 spiro atoms. The van der Waals surface area contributed by atoms with Crippen molar-refractivity contribution in [3.05, 3.63) is 59.6 Å². The van der Waals surface area contributed by atoms with Crippen LogP contribution in [0.4, 0.5) is 0 Å². The van der Waals surface area contributed by atoms with Gasteiger partial charge in [0.1, 0.15) is 12.4 Å². The molecule has 0 aliphatic heterocycles. The molecule has 0 amide bonds. The van der Waals surface area contributed by atoms with Crippen molar-refractivity contribution in [2.75, 3.05) is 39.5 Å². The fourth-order valence-electron chi connectivity index (χ4n) is 2.29. The summed E-state index contributed by atoms with van der Waals surface area (Å²) >= 11 is 5.94. The number of halogens is 2. The second-order valence-corrected chi connectivity index (χ2v) is 7.57. The lowest BCUT2D eigenvalue weighted by atomic mass is 10.3. The topological polar surface area (TPSA) is 53.9 Å². The molecule has 0 fully saturated rings. The maximum atomic E-state index is 12.2. The maximum absolute atomic E-state index is 12.2. The van der Waals surface area contributed by atoms with Crippen molar-refractivity contribution in [1.82, 2.24) is 10.2 Å². The van der Waals surface area contributed by atoms with Crippen LogP contribution in [0, 0.1) is 0 Å². The number of likely N-dealkylation sites (N-methyl/N-ethyl adjacent to an activating group) is 1. The minimum atomic E-state index is -1.02. The molecular weight excluding hydrogens is 497 g/mol. The third-order valence-electron chi connectivity index (χ3n) is 3.64. The number of benzene rings is 2. The second kappa shape index (κ2) is 13.0. The summed E-state index contributed by atoms with van der Waals surface area (Å²) in [5.41, 5.74) is 0. The smallest absolute Gasteiger partial charge is 0.193 e. The Morgan fingerprint density at radius 3 is 2.63 bits per heavy atom. The standard InChI is InChI=1S/C19H24ClN3O2S.HI/c1-21-19(22-11-14-26(24)18-9-4-3-5-10-18)23(2)12-13-25-17-8-6-7-16(20)15-17;/h3-10,15H,11-14H2,1-2H3,(H,21,22);1H. The van der Waals surface area contributed by atoms with Gasteiger partial charge in [-0.05, 0) is 30.3 Å². The molecule has 148 valence electrons. The zero-order valence-electron chi connectivity index (χ0n) is 15.4. The monoisotopic (exact) mass is 521 g/mol. The van der Waals surface area contributed by atoms with Crippen molar-refractivity contribution in [2.24, 2.45) is 4.99 Å². The van der Waals surface area contributed by atoms with E-state index in [1.54, 1.807) is 13.1 Å². The van der Waals surface area contributed by atoms with Crippen LogP contribution in [0.5, 0.6) is 5.75 Å². The molecule has 0 aromatic heterocycles. The highest BCUT2D eigenvalue weighted by Crippen LogP contribution is 2.16. The van der Waals surface area contributed by atoms with E-state index in [1.807, 2.05) is 60.5 Å². The Hall–Kier alpha value is -1.32. The average Bonchev–Trinajstić information content (AvgIpc) is 2.65. The van der Waals surface area contributed by atoms with E-state index in [9.17, 15) is 4.21 Å². The fourth-order valence-corrected chi connectivity index (χ4v) is 3.46. The van der Waals surface area contributed by atoms with Gasteiger partial charge < -0.3 is 15.0 Å². The molecule has 0 aliphatic rings. The Labute approximate surface area is 185 Å². The number of aliphatic imine (C=N–C) groups is 1. The third kappa shape index (κ3) is 8.49. The lowest BCUT2D eigenvalue weighted by Gasteiger charge is -2.22. The Kier molecular flexibility index (Phi) is 11.4. The van der Waals surface area contributed by atoms with Gasteiger partial charge in [-0.2, -0.15) is 0 Å². The number of nitrogens with one attached hydrogen (secondary N) is 1. The molecule has 1 N–H and O–H groups in total. The molecule has 2 aromatic carbocycles. The van der Waals surface area contributed by atoms with Crippen molar-refractivity contribution < 1.29 is 8.95 Å². The molecule has 0 radical (unpaired) electrons. The highest BCUT2D eigenvalue weighted by Gasteiger charge is 2.08. The van der Waals surface area contributed by atoms with Gasteiger partial charge in [0.2, 0.25) is 0 Å². The van der Waals surface area contributed by atoms with Crippen LogP contribution >= 0.6 is 35.6 Å². The minimum Gasteiger partial charge on any atom is -0.492 e. The highest BCUT2D eigenvalue weighted by molar-refractivity contribution is 14.0. The summed E-state index contributed by atoms with van der Waals surface area (Å²) in [6.07, 6.45) is 0. The number of hydrogen-bond acceptors (Lipinski definition) is 3. The molecule has 2 aromatic rings. The number of rotatable bonds is 8. The summed E-state index contributed by atoms with van der Waals surface area (Å²) in [6.45, 7) is 1.75. The summed E-state index contributed by atoms with van der Waals surface area (Å²) in [7, 11) is 2.64. The van der Waals surface area contributed by atoms with Gasteiger partial charge in [-0.3, -0.25) is 9.20 Å². The summed E-state index contributed by atoms with van der Waals surface area (Å²) in [4.78, 5) is 7.06. The first-order valence-electron chi connectivity index (χ1n) is 8.33. The minimum absolute atomic E-state index is 0. The summed E-state index contributed by atoms with van der Waals surface area (Å²) in [5.74, 6) is 2.01. The van der Waals surface area contributed by atoms with Crippen molar-refractivity contribution in [3.8, 4) is 5.75 Å². The Morgan fingerprint density at radius 1 is 1.22 bits per heavy atom. The molecule has 1 unspecified atom stereocenters. The molecule has 8 heteroatoms.